The van der Waals surface area contributed by atoms with Crippen molar-refractivity contribution in [1.29, 1.82) is 0 Å². The Hall–Kier alpha value is -1.62. The normalized spacial score (nSPS) is 17.6. The minimum Gasteiger partial charge on any atom is -0.372 e. The number of hydrogen-bond acceptors (Lipinski definition) is 2. The monoisotopic (exact) mass is 381 g/mol. The van der Waals surface area contributed by atoms with Gasteiger partial charge in [0.2, 0.25) is 0 Å². The molecule has 25 heavy (non-hydrogen) atoms. The Morgan fingerprint density at radius 2 is 2.00 bits per heavy atom. The number of ether oxygens (including phenoxy) is 1. The number of amides is 1. The van der Waals surface area contributed by atoms with Crippen LogP contribution in [0.5, 0.6) is 0 Å². The molecular weight excluding hydrogens is 364 g/mol. The highest BCUT2D eigenvalue weighted by molar-refractivity contribution is 6.42. The Morgan fingerprint density at radius 3 is 2.76 bits per heavy atom. The van der Waals surface area contributed by atoms with Gasteiger partial charge < -0.3 is 9.64 Å². The summed E-state index contributed by atoms with van der Waals surface area (Å²) < 4.78 is 19.5. The van der Waals surface area contributed by atoms with E-state index >= 15 is 0 Å². The van der Waals surface area contributed by atoms with E-state index in [1.165, 1.54) is 6.07 Å². The summed E-state index contributed by atoms with van der Waals surface area (Å²) in [4.78, 5) is 14.4. The Morgan fingerprint density at radius 1 is 1.20 bits per heavy atom. The zero-order valence-corrected chi connectivity index (χ0v) is 15.1. The molecule has 6 heteroatoms. The summed E-state index contributed by atoms with van der Waals surface area (Å²) in [6.45, 7) is 1.35. The summed E-state index contributed by atoms with van der Waals surface area (Å²) in [5.41, 5.74) is 1.03. The predicted octanol–water partition coefficient (Wildman–Crippen LogP) is 4.95. The molecule has 0 radical (unpaired) electrons. The lowest BCUT2D eigenvalue weighted by Crippen LogP contribution is -2.43. The van der Waals surface area contributed by atoms with Crippen molar-refractivity contribution in [2.75, 3.05) is 13.1 Å². The highest BCUT2D eigenvalue weighted by Gasteiger charge is 2.25. The molecule has 1 amide bonds. The van der Waals surface area contributed by atoms with Crippen molar-refractivity contribution >= 4 is 29.1 Å². The number of carbonyl (C=O) groups excluding carboxylic acids is 1. The zero-order valence-electron chi connectivity index (χ0n) is 13.6. The largest absolute Gasteiger partial charge is 0.372 e. The van der Waals surface area contributed by atoms with Crippen molar-refractivity contribution in [3.8, 4) is 0 Å². The van der Waals surface area contributed by atoms with E-state index < -0.39 is 0 Å². The third-order valence-electron chi connectivity index (χ3n) is 4.26. The molecule has 0 spiro atoms. The number of benzene rings is 2. The molecule has 132 valence electrons. The number of carbonyl (C=O) groups is 1. The average Bonchev–Trinajstić information content (AvgIpc) is 2.63. The molecule has 0 bridgehead atoms. The van der Waals surface area contributed by atoms with Gasteiger partial charge in [-0.3, -0.25) is 4.79 Å². The fourth-order valence-electron chi connectivity index (χ4n) is 2.89. The van der Waals surface area contributed by atoms with Gasteiger partial charge in [0.1, 0.15) is 5.82 Å². The lowest BCUT2D eigenvalue weighted by atomic mass is 10.1. The second-order valence-electron chi connectivity index (χ2n) is 6.05. The summed E-state index contributed by atoms with van der Waals surface area (Å²) in [7, 11) is 0. The van der Waals surface area contributed by atoms with Crippen molar-refractivity contribution < 1.29 is 13.9 Å². The van der Waals surface area contributed by atoms with Gasteiger partial charge in [-0.2, -0.15) is 0 Å². The summed E-state index contributed by atoms with van der Waals surface area (Å²) in [6, 6.07) is 11.4. The Bertz CT molecular complexity index is 769. The van der Waals surface area contributed by atoms with E-state index in [1.54, 1.807) is 41.3 Å². The molecule has 3 nitrogen and oxygen atoms in total. The minimum absolute atomic E-state index is 0.0993. The van der Waals surface area contributed by atoms with Gasteiger partial charge in [0.25, 0.3) is 5.91 Å². The van der Waals surface area contributed by atoms with Crippen LogP contribution in [-0.2, 0) is 11.3 Å². The van der Waals surface area contributed by atoms with E-state index in [-0.39, 0.29) is 24.4 Å². The molecule has 0 aliphatic carbocycles. The van der Waals surface area contributed by atoms with Crippen LogP contribution in [0.3, 0.4) is 0 Å². The molecule has 0 saturated carbocycles. The Kier molecular flexibility index (Phi) is 5.94. The lowest BCUT2D eigenvalue weighted by molar-refractivity contribution is -0.00761. The maximum atomic E-state index is 13.7. The smallest absolute Gasteiger partial charge is 0.253 e. The van der Waals surface area contributed by atoms with Crippen LogP contribution < -0.4 is 0 Å². The molecule has 1 atom stereocenters. The third-order valence-corrected chi connectivity index (χ3v) is 5.00. The number of likely N-dealkylation sites (tertiary alicyclic amines) is 1. The fourth-order valence-corrected chi connectivity index (χ4v) is 3.19. The van der Waals surface area contributed by atoms with Crippen LogP contribution in [0.2, 0.25) is 10.0 Å². The Labute approximate surface area is 156 Å². The van der Waals surface area contributed by atoms with Gasteiger partial charge in [-0.25, -0.2) is 4.39 Å². The number of nitrogens with zero attached hydrogens (tertiary/aromatic N) is 1. The van der Waals surface area contributed by atoms with Crippen molar-refractivity contribution in [2.45, 2.75) is 25.6 Å². The van der Waals surface area contributed by atoms with Crippen molar-refractivity contribution in [2.24, 2.45) is 0 Å². The second-order valence-corrected chi connectivity index (χ2v) is 6.86. The first kappa shape index (κ1) is 18.2. The van der Waals surface area contributed by atoms with Crippen molar-refractivity contribution in [3.05, 3.63) is 69.5 Å². The molecule has 1 fully saturated rings. The fraction of sp³-hybridized carbons (Fsp3) is 0.316. The summed E-state index contributed by atoms with van der Waals surface area (Å²) in [5, 5.41) is 0.778. The number of halogens is 3. The first-order valence-corrected chi connectivity index (χ1v) is 8.89. The van der Waals surface area contributed by atoms with Crippen LogP contribution in [0, 0.1) is 5.82 Å². The molecule has 1 saturated heterocycles. The highest BCUT2D eigenvalue weighted by atomic mass is 35.5. The van der Waals surface area contributed by atoms with Gasteiger partial charge in [-0.1, -0.05) is 41.4 Å². The van der Waals surface area contributed by atoms with Gasteiger partial charge >= 0.3 is 0 Å². The standard InChI is InChI=1S/C19H18Cl2FNO2/c20-16-8-7-13(10-17(16)21)19(24)23-9-3-5-15(11-23)25-12-14-4-1-2-6-18(14)22/h1-2,4,6-8,10,15H,3,5,9,11-12H2/t15-/m0/s1. The molecule has 1 aliphatic heterocycles. The average molecular weight is 382 g/mol. The number of piperidine rings is 1. The van der Waals surface area contributed by atoms with Crippen LogP contribution in [0.4, 0.5) is 4.39 Å². The van der Waals surface area contributed by atoms with Gasteiger partial charge in [0, 0.05) is 24.2 Å². The molecule has 0 unspecified atom stereocenters. The van der Waals surface area contributed by atoms with Gasteiger partial charge in [0.15, 0.2) is 0 Å². The topological polar surface area (TPSA) is 29.5 Å². The molecule has 2 aromatic rings. The van der Waals surface area contributed by atoms with Gasteiger partial charge in [0.05, 0.1) is 22.8 Å². The SMILES string of the molecule is O=C(c1ccc(Cl)c(Cl)c1)N1CCC[C@H](OCc2ccccc2F)C1. The summed E-state index contributed by atoms with van der Waals surface area (Å²) in [5.74, 6) is -0.375. The van der Waals surface area contributed by atoms with Crippen molar-refractivity contribution in [3.63, 3.8) is 0 Å². The van der Waals surface area contributed by atoms with E-state index in [0.29, 0.717) is 34.3 Å². The molecular formula is C19H18Cl2FNO2. The van der Waals surface area contributed by atoms with E-state index in [9.17, 15) is 9.18 Å². The maximum absolute atomic E-state index is 13.7. The number of hydrogen-bond donors (Lipinski definition) is 0. The van der Waals surface area contributed by atoms with Gasteiger partial charge in [-0.05, 0) is 37.1 Å². The van der Waals surface area contributed by atoms with Crippen LogP contribution >= 0.6 is 23.2 Å². The molecule has 3 rings (SSSR count). The number of rotatable bonds is 4. The molecule has 0 aromatic heterocycles. The van der Waals surface area contributed by atoms with Crippen LogP contribution in [0.1, 0.15) is 28.8 Å². The third kappa shape index (κ3) is 4.51. The van der Waals surface area contributed by atoms with E-state index in [4.69, 9.17) is 27.9 Å². The molecule has 0 N–H and O–H groups in total. The van der Waals surface area contributed by atoms with E-state index in [1.807, 2.05) is 0 Å². The highest BCUT2D eigenvalue weighted by Crippen LogP contribution is 2.24. The quantitative estimate of drug-likeness (QED) is 0.749. The summed E-state index contributed by atoms with van der Waals surface area (Å²) in [6.07, 6.45) is 1.58. The van der Waals surface area contributed by atoms with Crippen LogP contribution in [0.25, 0.3) is 0 Å². The second kappa shape index (κ2) is 8.17. The van der Waals surface area contributed by atoms with E-state index in [2.05, 4.69) is 0 Å². The van der Waals surface area contributed by atoms with Crippen molar-refractivity contribution in [1.82, 2.24) is 4.90 Å². The maximum Gasteiger partial charge on any atom is 0.253 e. The zero-order chi connectivity index (χ0) is 17.8. The predicted molar refractivity (Wildman–Crippen MR) is 96.6 cm³/mol. The first-order valence-electron chi connectivity index (χ1n) is 8.14. The molecule has 2 aromatic carbocycles. The minimum atomic E-state index is -0.276. The Balaban J connectivity index is 1.61. The molecule has 1 heterocycles. The van der Waals surface area contributed by atoms with Gasteiger partial charge in [-0.15, -0.1) is 0 Å². The first-order chi connectivity index (χ1) is 12.0. The van der Waals surface area contributed by atoms with Crippen LogP contribution in [-0.4, -0.2) is 30.0 Å². The lowest BCUT2D eigenvalue weighted by Gasteiger charge is -2.33. The summed E-state index contributed by atoms with van der Waals surface area (Å²) >= 11 is 11.9. The van der Waals surface area contributed by atoms with Crippen LogP contribution in [0.15, 0.2) is 42.5 Å². The van der Waals surface area contributed by atoms with E-state index in [0.717, 1.165) is 12.8 Å². The molecule has 1 aliphatic rings.